The number of hydrogen-bond donors (Lipinski definition) is 1. The molecule has 88 valence electrons. The molecule has 17 heavy (non-hydrogen) atoms. The predicted octanol–water partition coefficient (Wildman–Crippen LogP) is 3.46. The molecule has 0 aliphatic rings. The summed E-state index contributed by atoms with van der Waals surface area (Å²) in [5, 5.41) is 2.83. The van der Waals surface area contributed by atoms with Crippen LogP contribution in [0.5, 0.6) is 0 Å². The van der Waals surface area contributed by atoms with E-state index >= 15 is 0 Å². The van der Waals surface area contributed by atoms with Crippen molar-refractivity contribution in [2.45, 2.75) is 6.92 Å². The zero-order valence-electron chi connectivity index (χ0n) is 8.84. The van der Waals surface area contributed by atoms with Crippen molar-refractivity contribution in [3.63, 3.8) is 0 Å². The van der Waals surface area contributed by atoms with E-state index in [0.29, 0.717) is 11.5 Å². The maximum atomic E-state index is 13.0. The molecular formula is C11H8ClF2N3. The highest BCUT2D eigenvalue weighted by atomic mass is 35.5. The Morgan fingerprint density at radius 3 is 2.29 bits per heavy atom. The molecule has 0 radical (unpaired) electrons. The van der Waals surface area contributed by atoms with Gasteiger partial charge in [-0.25, -0.2) is 18.7 Å². The molecular weight excluding hydrogens is 248 g/mol. The summed E-state index contributed by atoms with van der Waals surface area (Å²) in [5.41, 5.74) is 0.918. The van der Waals surface area contributed by atoms with Crippen molar-refractivity contribution < 1.29 is 8.78 Å². The average Bonchev–Trinajstić information content (AvgIpc) is 2.13. The molecule has 0 bridgehead atoms. The minimum absolute atomic E-state index is 0.0735. The Hall–Kier alpha value is -1.75. The van der Waals surface area contributed by atoms with Crippen molar-refractivity contribution in [2.75, 3.05) is 5.32 Å². The lowest BCUT2D eigenvalue weighted by molar-refractivity contribution is 0.584. The van der Waals surface area contributed by atoms with Crippen LogP contribution in [0.4, 0.5) is 20.3 Å². The van der Waals surface area contributed by atoms with Gasteiger partial charge in [0.25, 0.3) is 0 Å². The average molecular weight is 256 g/mol. The molecule has 0 saturated carbocycles. The van der Waals surface area contributed by atoms with E-state index in [4.69, 9.17) is 11.6 Å². The molecule has 0 atom stereocenters. The van der Waals surface area contributed by atoms with Gasteiger partial charge in [0.1, 0.15) is 17.5 Å². The smallest absolute Gasteiger partial charge is 0.224 e. The number of nitrogens with one attached hydrogen (secondary N) is 1. The Labute approximate surface area is 101 Å². The number of benzene rings is 1. The number of aromatic nitrogens is 2. The van der Waals surface area contributed by atoms with Crippen LogP contribution in [-0.4, -0.2) is 9.97 Å². The maximum Gasteiger partial charge on any atom is 0.224 e. The van der Waals surface area contributed by atoms with Crippen molar-refractivity contribution in [3.05, 3.63) is 46.9 Å². The van der Waals surface area contributed by atoms with Crippen LogP contribution >= 0.6 is 11.6 Å². The number of rotatable bonds is 2. The number of anilines is 2. The lowest BCUT2D eigenvalue weighted by Crippen LogP contribution is -1.97. The van der Waals surface area contributed by atoms with Crippen molar-refractivity contribution in [1.29, 1.82) is 0 Å². The fourth-order valence-corrected chi connectivity index (χ4v) is 1.59. The van der Waals surface area contributed by atoms with Gasteiger partial charge in [0.05, 0.1) is 0 Å². The molecule has 0 unspecified atom stereocenters. The first-order valence-electron chi connectivity index (χ1n) is 4.77. The summed E-state index contributed by atoms with van der Waals surface area (Å²) in [6, 6.07) is 4.74. The molecule has 0 saturated heterocycles. The lowest BCUT2D eigenvalue weighted by Gasteiger charge is -2.06. The normalized spacial score (nSPS) is 10.4. The predicted molar refractivity (Wildman–Crippen MR) is 61.4 cm³/mol. The molecule has 0 fully saturated rings. The summed E-state index contributed by atoms with van der Waals surface area (Å²) in [5.74, 6) is -0.943. The Bertz CT molecular complexity index is 470. The Morgan fingerprint density at radius 1 is 1.06 bits per heavy atom. The summed E-state index contributed by atoms with van der Waals surface area (Å²) in [6.07, 6.45) is 0. The standard InChI is InChI=1S/C11H8ClF2N3/c1-6-2-10(17-11(12)15-6)16-9-4-7(13)3-8(14)5-9/h2-5H,1H3,(H,15,16,17). The second kappa shape index (κ2) is 4.63. The van der Waals surface area contributed by atoms with Crippen molar-refractivity contribution >= 4 is 23.1 Å². The monoisotopic (exact) mass is 255 g/mol. The van der Waals surface area contributed by atoms with Gasteiger partial charge >= 0.3 is 0 Å². The summed E-state index contributed by atoms with van der Waals surface area (Å²) in [6.45, 7) is 1.74. The topological polar surface area (TPSA) is 37.8 Å². The van der Waals surface area contributed by atoms with Gasteiger partial charge in [0.15, 0.2) is 0 Å². The second-order valence-electron chi connectivity index (χ2n) is 3.45. The molecule has 1 heterocycles. The highest BCUT2D eigenvalue weighted by Crippen LogP contribution is 2.19. The van der Waals surface area contributed by atoms with E-state index in [-0.39, 0.29) is 11.0 Å². The highest BCUT2D eigenvalue weighted by Gasteiger charge is 2.03. The molecule has 0 amide bonds. The van der Waals surface area contributed by atoms with Crippen LogP contribution in [0, 0.1) is 18.6 Å². The molecule has 2 aromatic rings. The first-order chi connectivity index (χ1) is 8.02. The third kappa shape index (κ3) is 3.10. The first kappa shape index (κ1) is 11.7. The van der Waals surface area contributed by atoms with Gasteiger partial charge in [-0.3, -0.25) is 0 Å². The van der Waals surface area contributed by atoms with Gasteiger partial charge in [-0.2, -0.15) is 0 Å². The minimum Gasteiger partial charge on any atom is -0.340 e. The third-order valence-corrected chi connectivity index (χ3v) is 2.13. The molecule has 1 aromatic heterocycles. The molecule has 3 nitrogen and oxygen atoms in total. The van der Waals surface area contributed by atoms with Crippen LogP contribution in [-0.2, 0) is 0 Å². The molecule has 6 heteroatoms. The van der Waals surface area contributed by atoms with Gasteiger partial charge in [0.2, 0.25) is 5.28 Å². The summed E-state index contributed by atoms with van der Waals surface area (Å²) < 4.78 is 25.9. The Kier molecular flexibility index (Phi) is 3.19. The zero-order chi connectivity index (χ0) is 12.4. The van der Waals surface area contributed by atoms with E-state index in [1.807, 2.05) is 0 Å². The van der Waals surface area contributed by atoms with Crippen LogP contribution in [0.3, 0.4) is 0 Å². The molecule has 1 N–H and O–H groups in total. The summed E-state index contributed by atoms with van der Waals surface area (Å²) in [7, 11) is 0. The van der Waals surface area contributed by atoms with Gasteiger partial charge in [-0.05, 0) is 30.7 Å². The van der Waals surface area contributed by atoms with Crippen molar-refractivity contribution in [2.24, 2.45) is 0 Å². The fraction of sp³-hybridized carbons (Fsp3) is 0.0909. The Balaban J connectivity index is 2.31. The number of hydrogen-bond acceptors (Lipinski definition) is 3. The van der Waals surface area contributed by atoms with E-state index in [1.165, 1.54) is 0 Å². The highest BCUT2D eigenvalue weighted by molar-refractivity contribution is 6.28. The van der Waals surface area contributed by atoms with Crippen LogP contribution in [0.2, 0.25) is 5.28 Å². The fourth-order valence-electron chi connectivity index (χ4n) is 1.37. The van der Waals surface area contributed by atoms with Crippen LogP contribution in [0.25, 0.3) is 0 Å². The van der Waals surface area contributed by atoms with Crippen molar-refractivity contribution in [3.8, 4) is 0 Å². The van der Waals surface area contributed by atoms with Crippen LogP contribution in [0.1, 0.15) is 5.69 Å². The van der Waals surface area contributed by atoms with E-state index in [0.717, 1.165) is 18.2 Å². The zero-order valence-corrected chi connectivity index (χ0v) is 9.59. The molecule has 0 aliphatic heterocycles. The Morgan fingerprint density at radius 2 is 1.71 bits per heavy atom. The summed E-state index contributed by atoms with van der Waals surface area (Å²) >= 11 is 5.67. The maximum absolute atomic E-state index is 13.0. The van der Waals surface area contributed by atoms with Gasteiger partial charge in [-0.1, -0.05) is 0 Å². The molecule has 0 spiro atoms. The summed E-state index contributed by atoms with van der Waals surface area (Å²) in [4.78, 5) is 7.76. The largest absolute Gasteiger partial charge is 0.340 e. The van der Waals surface area contributed by atoms with E-state index in [2.05, 4.69) is 15.3 Å². The van der Waals surface area contributed by atoms with Crippen molar-refractivity contribution in [1.82, 2.24) is 9.97 Å². The van der Waals surface area contributed by atoms with Gasteiger partial charge < -0.3 is 5.32 Å². The van der Waals surface area contributed by atoms with E-state index in [1.54, 1.807) is 13.0 Å². The minimum atomic E-state index is -0.663. The second-order valence-corrected chi connectivity index (χ2v) is 3.78. The van der Waals surface area contributed by atoms with E-state index < -0.39 is 11.6 Å². The number of halogens is 3. The number of aryl methyl sites for hydroxylation is 1. The third-order valence-electron chi connectivity index (χ3n) is 1.96. The van der Waals surface area contributed by atoms with Gasteiger partial charge in [-0.15, -0.1) is 0 Å². The quantitative estimate of drug-likeness (QED) is 0.835. The number of nitrogens with zero attached hydrogens (tertiary/aromatic N) is 2. The van der Waals surface area contributed by atoms with Gasteiger partial charge in [0, 0.05) is 23.5 Å². The first-order valence-corrected chi connectivity index (χ1v) is 5.15. The molecule has 1 aromatic carbocycles. The lowest BCUT2D eigenvalue weighted by atomic mass is 10.3. The molecule has 0 aliphatic carbocycles. The van der Waals surface area contributed by atoms with Crippen LogP contribution < -0.4 is 5.32 Å². The van der Waals surface area contributed by atoms with Crippen LogP contribution in [0.15, 0.2) is 24.3 Å². The SMILES string of the molecule is Cc1cc(Nc2cc(F)cc(F)c2)nc(Cl)n1. The van der Waals surface area contributed by atoms with E-state index in [9.17, 15) is 8.78 Å². The molecule has 2 rings (SSSR count).